The van der Waals surface area contributed by atoms with Crippen molar-refractivity contribution >= 4 is 61.4 Å². The smallest absolute Gasteiger partial charge is 0.189 e. The van der Waals surface area contributed by atoms with Crippen LogP contribution in [-0.2, 0) is 0 Å². The van der Waals surface area contributed by atoms with Crippen molar-refractivity contribution in [2.45, 2.75) is 6.92 Å². The first-order valence-electron chi connectivity index (χ1n) is 7.72. The first-order chi connectivity index (χ1) is 12.6. The second kappa shape index (κ2) is 6.74. The normalized spacial score (nSPS) is 10.8. The van der Waals surface area contributed by atoms with Crippen molar-refractivity contribution < 1.29 is 0 Å². The number of nitrogens with one attached hydrogen (secondary N) is 2. The molecule has 4 aromatic rings. The number of rotatable bonds is 4. The molecule has 0 atom stereocenters. The molecule has 26 heavy (non-hydrogen) atoms. The Morgan fingerprint density at radius 2 is 1.85 bits per heavy atom. The average Bonchev–Trinajstić information content (AvgIpc) is 3.02. The molecule has 4 N–H and O–H groups in total. The number of hydrogen-bond acceptors (Lipinski definition) is 8. The molecule has 0 unspecified atom stereocenters. The number of anilines is 5. The maximum absolute atomic E-state index is 6.20. The standard InChI is InChI=1S/C17H14ClN7S/c1-9-2-4-11-12(6-9)26-17(23-11)25-16-14(19)15(21-8-22-16)24-13-5-3-10(18)7-20-13/h2-8H,19H2,1H3,(H2,20,21,22,23,24,25). The van der Waals surface area contributed by atoms with Crippen LogP contribution >= 0.6 is 22.9 Å². The Hall–Kier alpha value is -2.97. The maximum Gasteiger partial charge on any atom is 0.189 e. The van der Waals surface area contributed by atoms with Gasteiger partial charge in [0.15, 0.2) is 16.8 Å². The summed E-state index contributed by atoms with van der Waals surface area (Å²) in [4.78, 5) is 17.1. The monoisotopic (exact) mass is 383 g/mol. The summed E-state index contributed by atoms with van der Waals surface area (Å²) in [6.45, 7) is 2.05. The van der Waals surface area contributed by atoms with Gasteiger partial charge in [0.1, 0.15) is 17.8 Å². The highest BCUT2D eigenvalue weighted by molar-refractivity contribution is 7.22. The molecule has 3 aromatic heterocycles. The zero-order valence-corrected chi connectivity index (χ0v) is 15.3. The van der Waals surface area contributed by atoms with Crippen molar-refractivity contribution in [2.75, 3.05) is 16.4 Å². The highest BCUT2D eigenvalue weighted by atomic mass is 35.5. The van der Waals surface area contributed by atoms with Crippen LogP contribution < -0.4 is 16.4 Å². The zero-order chi connectivity index (χ0) is 18.1. The van der Waals surface area contributed by atoms with Gasteiger partial charge in [-0.3, -0.25) is 0 Å². The topological polar surface area (TPSA) is 102 Å². The fourth-order valence-corrected chi connectivity index (χ4v) is 3.43. The quantitative estimate of drug-likeness (QED) is 0.476. The molecular formula is C17H14ClN7S. The summed E-state index contributed by atoms with van der Waals surface area (Å²) in [6.07, 6.45) is 2.97. The lowest BCUT2D eigenvalue weighted by molar-refractivity contribution is 1.16. The predicted molar refractivity (Wildman–Crippen MR) is 107 cm³/mol. The largest absolute Gasteiger partial charge is 0.393 e. The Bertz CT molecular complexity index is 1080. The van der Waals surface area contributed by atoms with Crippen LogP contribution in [0.1, 0.15) is 5.56 Å². The number of pyridine rings is 1. The molecule has 1 aromatic carbocycles. The van der Waals surface area contributed by atoms with Gasteiger partial charge in [-0.05, 0) is 36.8 Å². The molecule has 0 aliphatic rings. The van der Waals surface area contributed by atoms with Crippen molar-refractivity contribution in [3.8, 4) is 0 Å². The van der Waals surface area contributed by atoms with Crippen molar-refractivity contribution in [3.05, 3.63) is 53.4 Å². The minimum atomic E-state index is 0.375. The molecule has 7 nitrogen and oxygen atoms in total. The summed E-state index contributed by atoms with van der Waals surface area (Å²) < 4.78 is 1.10. The molecule has 0 saturated carbocycles. The van der Waals surface area contributed by atoms with Gasteiger partial charge in [-0.25, -0.2) is 19.9 Å². The highest BCUT2D eigenvalue weighted by Crippen LogP contribution is 2.32. The molecule has 0 bridgehead atoms. The number of nitrogens with zero attached hydrogens (tertiary/aromatic N) is 4. The lowest BCUT2D eigenvalue weighted by Gasteiger charge is -2.10. The lowest BCUT2D eigenvalue weighted by atomic mass is 10.2. The van der Waals surface area contributed by atoms with E-state index < -0.39 is 0 Å². The number of nitrogens with two attached hydrogens (primary N) is 1. The zero-order valence-electron chi connectivity index (χ0n) is 13.7. The first kappa shape index (κ1) is 16.5. The molecule has 3 heterocycles. The van der Waals surface area contributed by atoms with Gasteiger partial charge in [0, 0.05) is 6.20 Å². The van der Waals surface area contributed by atoms with Crippen molar-refractivity contribution in [3.63, 3.8) is 0 Å². The van der Waals surface area contributed by atoms with E-state index >= 15 is 0 Å². The molecular weight excluding hydrogens is 370 g/mol. The van der Waals surface area contributed by atoms with Crippen LogP contribution in [0.4, 0.5) is 28.3 Å². The van der Waals surface area contributed by atoms with E-state index in [0.29, 0.717) is 33.3 Å². The third kappa shape index (κ3) is 3.37. The van der Waals surface area contributed by atoms with Crippen LogP contribution in [-0.4, -0.2) is 19.9 Å². The summed E-state index contributed by atoms with van der Waals surface area (Å²) in [7, 11) is 0. The average molecular weight is 384 g/mol. The van der Waals surface area contributed by atoms with Crippen molar-refractivity contribution in [2.24, 2.45) is 0 Å². The summed E-state index contributed by atoms with van der Waals surface area (Å²) in [5.41, 5.74) is 8.70. The Morgan fingerprint density at radius 1 is 1.04 bits per heavy atom. The number of nitrogen functional groups attached to an aromatic ring is 1. The number of aromatic nitrogens is 4. The van der Waals surface area contributed by atoms with E-state index in [2.05, 4.69) is 43.6 Å². The number of hydrogen-bond donors (Lipinski definition) is 3. The second-order valence-corrected chi connectivity index (χ2v) is 7.05. The Labute approximate surface area is 158 Å². The van der Waals surface area contributed by atoms with Crippen LogP contribution in [0.2, 0.25) is 5.02 Å². The molecule has 4 rings (SSSR count). The SMILES string of the molecule is Cc1ccc2nc(Nc3ncnc(Nc4ccc(Cl)cn4)c3N)sc2c1. The second-order valence-electron chi connectivity index (χ2n) is 5.59. The molecule has 0 radical (unpaired) electrons. The van der Waals surface area contributed by atoms with Crippen LogP contribution in [0.3, 0.4) is 0 Å². The fraction of sp³-hybridized carbons (Fsp3) is 0.0588. The van der Waals surface area contributed by atoms with E-state index in [1.54, 1.807) is 29.7 Å². The molecule has 0 spiro atoms. The summed E-state index contributed by atoms with van der Waals surface area (Å²) in [5.74, 6) is 1.52. The first-order valence-corrected chi connectivity index (χ1v) is 8.91. The van der Waals surface area contributed by atoms with E-state index in [4.69, 9.17) is 17.3 Å². The summed E-state index contributed by atoms with van der Waals surface area (Å²) in [6, 6.07) is 9.60. The van der Waals surface area contributed by atoms with E-state index in [1.807, 2.05) is 12.1 Å². The number of halogens is 1. The van der Waals surface area contributed by atoms with Crippen LogP contribution in [0.15, 0.2) is 42.9 Å². The molecule has 0 saturated heterocycles. The minimum absolute atomic E-state index is 0.375. The molecule has 0 aliphatic carbocycles. The van der Waals surface area contributed by atoms with Gasteiger partial charge in [-0.1, -0.05) is 29.0 Å². The number of thiazole rings is 1. The Morgan fingerprint density at radius 3 is 2.62 bits per heavy atom. The molecule has 0 fully saturated rings. The summed E-state index contributed by atoms with van der Waals surface area (Å²) >= 11 is 7.39. The number of benzene rings is 1. The van der Waals surface area contributed by atoms with Gasteiger partial charge < -0.3 is 16.4 Å². The van der Waals surface area contributed by atoms with Crippen LogP contribution in [0.5, 0.6) is 0 Å². The van der Waals surface area contributed by atoms with E-state index in [-0.39, 0.29) is 0 Å². The van der Waals surface area contributed by atoms with Crippen molar-refractivity contribution in [1.82, 2.24) is 19.9 Å². The molecule has 130 valence electrons. The minimum Gasteiger partial charge on any atom is -0.393 e. The third-order valence-corrected chi connectivity index (χ3v) is 4.78. The van der Waals surface area contributed by atoms with Crippen LogP contribution in [0.25, 0.3) is 10.2 Å². The molecule has 0 aliphatic heterocycles. The highest BCUT2D eigenvalue weighted by Gasteiger charge is 2.11. The van der Waals surface area contributed by atoms with Crippen LogP contribution in [0, 0.1) is 6.92 Å². The third-order valence-electron chi connectivity index (χ3n) is 3.63. The molecule has 9 heteroatoms. The van der Waals surface area contributed by atoms with Gasteiger partial charge in [0.25, 0.3) is 0 Å². The van der Waals surface area contributed by atoms with Crippen molar-refractivity contribution in [1.29, 1.82) is 0 Å². The Balaban J connectivity index is 1.61. The van der Waals surface area contributed by atoms with E-state index in [0.717, 1.165) is 10.2 Å². The lowest BCUT2D eigenvalue weighted by Crippen LogP contribution is -2.05. The number of aryl methyl sites for hydroxylation is 1. The summed E-state index contributed by atoms with van der Waals surface area (Å²) in [5, 5.41) is 7.49. The molecule has 0 amide bonds. The maximum atomic E-state index is 6.20. The number of fused-ring (bicyclic) bond motifs is 1. The fourth-order valence-electron chi connectivity index (χ4n) is 2.35. The van der Waals surface area contributed by atoms with E-state index in [1.165, 1.54) is 11.9 Å². The Kier molecular flexibility index (Phi) is 4.27. The van der Waals surface area contributed by atoms with Gasteiger partial charge in [0.2, 0.25) is 0 Å². The van der Waals surface area contributed by atoms with Gasteiger partial charge >= 0.3 is 0 Å². The predicted octanol–water partition coefficient (Wildman–Crippen LogP) is 4.51. The van der Waals surface area contributed by atoms with Gasteiger partial charge in [0.05, 0.1) is 15.2 Å². The van der Waals surface area contributed by atoms with E-state index in [9.17, 15) is 0 Å². The van der Waals surface area contributed by atoms with Gasteiger partial charge in [-0.15, -0.1) is 0 Å². The van der Waals surface area contributed by atoms with Gasteiger partial charge in [-0.2, -0.15) is 0 Å².